The Morgan fingerprint density at radius 1 is 0.500 bits per heavy atom. The number of hydrogen-bond donors (Lipinski definition) is 3. The van der Waals surface area contributed by atoms with Gasteiger partial charge < -0.3 is 20.9 Å². The van der Waals surface area contributed by atoms with Crippen LogP contribution in [0.5, 0.6) is 0 Å². The van der Waals surface area contributed by atoms with Crippen molar-refractivity contribution in [2.45, 2.75) is 264 Å². The van der Waals surface area contributed by atoms with Crippen molar-refractivity contribution in [1.29, 1.82) is 0 Å². The molecular formula is C51H94N2O5. The molecule has 0 saturated carbocycles. The van der Waals surface area contributed by atoms with Gasteiger partial charge in [0.1, 0.15) is 12.1 Å². The summed E-state index contributed by atoms with van der Waals surface area (Å²) < 4.78 is 6.05. The summed E-state index contributed by atoms with van der Waals surface area (Å²) in [4.78, 5) is 36.5. The summed E-state index contributed by atoms with van der Waals surface area (Å²) in [6.45, 7) is 4.94. The average molecular weight is 815 g/mol. The van der Waals surface area contributed by atoms with Crippen molar-refractivity contribution in [2.75, 3.05) is 6.54 Å². The van der Waals surface area contributed by atoms with E-state index in [9.17, 15) is 19.5 Å². The number of allylic oxidation sites excluding steroid dienone is 6. The van der Waals surface area contributed by atoms with Gasteiger partial charge in [0.05, 0.1) is 0 Å². The Morgan fingerprint density at radius 2 is 0.914 bits per heavy atom. The van der Waals surface area contributed by atoms with E-state index >= 15 is 0 Å². The smallest absolute Gasteiger partial charge is 0.326 e. The number of carboxylic acid groups (broad SMARTS) is 1. The number of nitrogens with one attached hydrogen (secondary N) is 1. The molecule has 7 nitrogen and oxygen atoms in total. The van der Waals surface area contributed by atoms with Gasteiger partial charge in [-0.2, -0.15) is 0 Å². The van der Waals surface area contributed by atoms with Gasteiger partial charge in [-0.3, -0.25) is 9.59 Å². The highest BCUT2D eigenvalue weighted by atomic mass is 16.5. The SMILES string of the molecule is CCCCCCC/C=C\C/C=C\CCCC(CCCCCCCC(=O)NC(CCCN)C(=O)O)OC(=O)CCCCCCCCCCC/C=C\CCCCCCCC. The second-order valence-corrected chi connectivity index (χ2v) is 16.9. The normalized spacial score (nSPS) is 12.9. The fourth-order valence-corrected chi connectivity index (χ4v) is 7.42. The lowest BCUT2D eigenvalue weighted by Gasteiger charge is -2.18. The van der Waals surface area contributed by atoms with Crippen LogP contribution in [-0.4, -0.2) is 41.6 Å². The molecule has 0 fully saturated rings. The predicted molar refractivity (Wildman–Crippen MR) is 248 cm³/mol. The molecule has 0 heterocycles. The summed E-state index contributed by atoms with van der Waals surface area (Å²) in [5.74, 6) is -1.26. The van der Waals surface area contributed by atoms with E-state index in [1.807, 2.05) is 0 Å². The van der Waals surface area contributed by atoms with Crippen LogP contribution in [0.25, 0.3) is 0 Å². The Balaban J connectivity index is 4.31. The van der Waals surface area contributed by atoms with E-state index < -0.39 is 12.0 Å². The number of carbonyl (C=O) groups is 3. The van der Waals surface area contributed by atoms with E-state index in [-0.39, 0.29) is 18.0 Å². The van der Waals surface area contributed by atoms with Gasteiger partial charge in [-0.05, 0) is 109 Å². The lowest BCUT2D eigenvalue weighted by atomic mass is 10.0. The zero-order valence-electron chi connectivity index (χ0n) is 38.1. The number of hydrogen-bond acceptors (Lipinski definition) is 5. The summed E-state index contributed by atoms with van der Waals surface area (Å²) in [6.07, 6.45) is 54.8. The summed E-state index contributed by atoms with van der Waals surface area (Å²) >= 11 is 0. The predicted octanol–water partition coefficient (Wildman–Crippen LogP) is 14.6. The fraction of sp³-hybridized carbons (Fsp3) is 0.824. The van der Waals surface area contributed by atoms with Crippen LogP contribution in [0, 0.1) is 0 Å². The van der Waals surface area contributed by atoms with Gasteiger partial charge in [0.15, 0.2) is 0 Å². The minimum Gasteiger partial charge on any atom is -0.480 e. The second-order valence-electron chi connectivity index (χ2n) is 16.9. The molecule has 7 heteroatoms. The van der Waals surface area contributed by atoms with Crippen LogP contribution in [0.4, 0.5) is 0 Å². The number of carboxylic acids is 1. The molecule has 58 heavy (non-hydrogen) atoms. The number of rotatable bonds is 45. The van der Waals surface area contributed by atoms with Crippen LogP contribution in [-0.2, 0) is 19.1 Å². The molecule has 338 valence electrons. The number of carbonyl (C=O) groups excluding carboxylic acids is 2. The van der Waals surface area contributed by atoms with E-state index in [4.69, 9.17) is 10.5 Å². The molecule has 0 saturated heterocycles. The van der Waals surface area contributed by atoms with Crippen molar-refractivity contribution in [3.05, 3.63) is 36.5 Å². The summed E-state index contributed by atoms with van der Waals surface area (Å²) in [6, 6.07) is -0.861. The van der Waals surface area contributed by atoms with Crippen molar-refractivity contribution >= 4 is 17.8 Å². The van der Waals surface area contributed by atoms with Gasteiger partial charge in [-0.15, -0.1) is 0 Å². The van der Waals surface area contributed by atoms with E-state index in [1.165, 1.54) is 135 Å². The molecule has 0 aliphatic heterocycles. The number of nitrogens with two attached hydrogens (primary N) is 1. The van der Waals surface area contributed by atoms with Crippen LogP contribution in [0.15, 0.2) is 36.5 Å². The Bertz CT molecular complexity index is 1010. The van der Waals surface area contributed by atoms with Crippen LogP contribution in [0.1, 0.15) is 251 Å². The van der Waals surface area contributed by atoms with Crippen molar-refractivity contribution in [3.8, 4) is 0 Å². The zero-order chi connectivity index (χ0) is 42.4. The third-order valence-electron chi connectivity index (χ3n) is 11.2. The first-order chi connectivity index (χ1) is 28.4. The van der Waals surface area contributed by atoms with Crippen molar-refractivity contribution in [2.24, 2.45) is 5.73 Å². The third kappa shape index (κ3) is 41.7. The maximum Gasteiger partial charge on any atom is 0.326 e. The van der Waals surface area contributed by atoms with Crippen LogP contribution < -0.4 is 11.1 Å². The Hall–Kier alpha value is -2.41. The minimum atomic E-state index is -1.01. The Labute approximate surface area is 358 Å². The van der Waals surface area contributed by atoms with Gasteiger partial charge in [0.25, 0.3) is 0 Å². The topological polar surface area (TPSA) is 119 Å². The molecule has 0 aliphatic carbocycles. The number of aliphatic carboxylic acids is 1. The molecule has 0 bridgehead atoms. The van der Waals surface area contributed by atoms with Crippen LogP contribution >= 0.6 is 0 Å². The molecule has 0 aromatic heterocycles. The molecule has 0 aromatic rings. The van der Waals surface area contributed by atoms with Crippen molar-refractivity contribution in [3.63, 3.8) is 0 Å². The van der Waals surface area contributed by atoms with Gasteiger partial charge in [-0.1, -0.05) is 172 Å². The van der Waals surface area contributed by atoms with E-state index in [0.29, 0.717) is 32.2 Å². The Morgan fingerprint density at radius 3 is 1.41 bits per heavy atom. The molecule has 0 spiro atoms. The molecule has 0 aromatic carbocycles. The maximum absolute atomic E-state index is 12.9. The lowest BCUT2D eigenvalue weighted by Crippen LogP contribution is -2.40. The van der Waals surface area contributed by atoms with Gasteiger partial charge in [0, 0.05) is 12.8 Å². The number of esters is 1. The quantitative estimate of drug-likeness (QED) is 0.0320. The van der Waals surface area contributed by atoms with Crippen LogP contribution in [0.3, 0.4) is 0 Å². The summed E-state index contributed by atoms with van der Waals surface area (Å²) in [7, 11) is 0. The van der Waals surface area contributed by atoms with Crippen LogP contribution in [0.2, 0.25) is 0 Å². The third-order valence-corrected chi connectivity index (χ3v) is 11.2. The van der Waals surface area contributed by atoms with Gasteiger partial charge in [0.2, 0.25) is 5.91 Å². The first-order valence-corrected chi connectivity index (χ1v) is 24.8. The lowest BCUT2D eigenvalue weighted by molar-refractivity contribution is -0.150. The maximum atomic E-state index is 12.9. The number of amides is 1. The molecule has 2 unspecified atom stereocenters. The largest absolute Gasteiger partial charge is 0.480 e. The zero-order valence-corrected chi connectivity index (χ0v) is 38.1. The highest BCUT2D eigenvalue weighted by Gasteiger charge is 2.19. The standard InChI is InChI=1S/C51H94N2O5/c1-3-5-7-9-11-13-15-17-18-19-20-21-22-24-26-28-30-35-39-45-50(55)58-47(41-36-32-29-27-25-23-16-14-12-10-8-6-4-2)42-37-33-31-34-38-44-49(54)53-48(51(56)57)43-40-46-52/h16-18,23,27,29,47-48H,3-15,19-22,24-26,28,30-46,52H2,1-2H3,(H,53,54)(H,56,57)/b18-17-,23-16-,29-27-. The summed E-state index contributed by atoms with van der Waals surface area (Å²) in [5, 5.41) is 12.0. The highest BCUT2D eigenvalue weighted by Crippen LogP contribution is 2.18. The monoisotopic (exact) mass is 815 g/mol. The van der Waals surface area contributed by atoms with Gasteiger partial charge >= 0.3 is 11.9 Å². The molecule has 4 N–H and O–H groups in total. The molecule has 1 amide bonds. The summed E-state index contributed by atoms with van der Waals surface area (Å²) in [5.41, 5.74) is 5.49. The van der Waals surface area contributed by atoms with E-state index in [1.54, 1.807) is 0 Å². The number of unbranched alkanes of at least 4 members (excludes halogenated alkanes) is 25. The van der Waals surface area contributed by atoms with Crippen molar-refractivity contribution in [1.82, 2.24) is 5.32 Å². The molecule has 2 atom stereocenters. The highest BCUT2D eigenvalue weighted by molar-refractivity contribution is 5.83. The van der Waals surface area contributed by atoms with E-state index in [0.717, 1.165) is 77.0 Å². The average Bonchev–Trinajstić information content (AvgIpc) is 3.21. The van der Waals surface area contributed by atoms with Crippen molar-refractivity contribution < 1.29 is 24.2 Å². The second kappa shape index (κ2) is 45.7. The Kier molecular flexibility index (Phi) is 43.8. The van der Waals surface area contributed by atoms with Gasteiger partial charge in [-0.25, -0.2) is 4.79 Å². The minimum absolute atomic E-state index is 0.0310. The number of ether oxygens (including phenoxy) is 1. The fourth-order valence-electron chi connectivity index (χ4n) is 7.42. The first-order valence-electron chi connectivity index (χ1n) is 24.8. The first kappa shape index (κ1) is 55.6. The van der Waals surface area contributed by atoms with E-state index in [2.05, 4.69) is 55.6 Å². The molecule has 0 aliphatic rings. The molecule has 0 rings (SSSR count). The molecular weight excluding hydrogens is 721 g/mol. The molecule has 0 radical (unpaired) electrons.